The largest absolute Gasteiger partial charge is 0.254 e. The molecule has 222 valence electrons. The van der Waals surface area contributed by atoms with Crippen LogP contribution in [-0.2, 0) is 0 Å². The van der Waals surface area contributed by atoms with Crippen LogP contribution in [0.5, 0.6) is 0 Å². The Bertz CT molecular complexity index is 2900. The highest BCUT2D eigenvalue weighted by Gasteiger charge is 2.15. The molecule has 0 unspecified atom stereocenters. The molecule has 0 spiro atoms. The first-order chi connectivity index (χ1) is 23.8. The van der Waals surface area contributed by atoms with E-state index in [4.69, 9.17) is 19.9 Å². The lowest BCUT2D eigenvalue weighted by Crippen LogP contribution is -1.94. The number of rotatable bonds is 3. The number of aromatic nitrogens is 5. The van der Waals surface area contributed by atoms with Crippen LogP contribution in [0.3, 0.4) is 0 Å². The minimum absolute atomic E-state index is 0.813. The number of fused-ring (bicyclic) bond motifs is 8. The van der Waals surface area contributed by atoms with E-state index < -0.39 is 0 Å². The molecule has 0 aliphatic carbocycles. The van der Waals surface area contributed by atoms with E-state index in [1.807, 2.05) is 24.4 Å². The fourth-order valence-corrected chi connectivity index (χ4v) is 6.91. The molecule has 48 heavy (non-hydrogen) atoms. The summed E-state index contributed by atoms with van der Waals surface area (Å²) in [6, 6.07) is 50.3. The van der Waals surface area contributed by atoms with Crippen molar-refractivity contribution in [2.75, 3.05) is 0 Å². The first-order valence-electron chi connectivity index (χ1n) is 16.0. The highest BCUT2D eigenvalue weighted by Crippen LogP contribution is 2.38. The minimum Gasteiger partial charge on any atom is -0.254 e. The Kier molecular flexibility index (Phi) is 5.81. The maximum Gasteiger partial charge on any atom is 0.0978 e. The Morgan fingerprint density at radius 1 is 0.333 bits per heavy atom. The highest BCUT2D eigenvalue weighted by atomic mass is 14.8. The third-order valence-electron chi connectivity index (χ3n) is 9.25. The molecule has 0 amide bonds. The van der Waals surface area contributed by atoms with E-state index in [1.54, 1.807) is 0 Å². The van der Waals surface area contributed by atoms with Gasteiger partial charge in [0.15, 0.2) is 0 Å². The number of nitrogens with zero attached hydrogens (tertiary/aromatic N) is 5. The summed E-state index contributed by atoms with van der Waals surface area (Å²) in [4.78, 5) is 25.1. The van der Waals surface area contributed by atoms with Gasteiger partial charge in [-0.1, -0.05) is 103 Å². The lowest BCUT2D eigenvalue weighted by Gasteiger charge is -2.13. The molecule has 0 saturated heterocycles. The van der Waals surface area contributed by atoms with Crippen LogP contribution in [-0.4, -0.2) is 24.9 Å². The molecule has 5 nitrogen and oxygen atoms in total. The van der Waals surface area contributed by atoms with Gasteiger partial charge in [-0.2, -0.15) is 0 Å². The van der Waals surface area contributed by atoms with E-state index >= 15 is 0 Å². The Morgan fingerprint density at radius 3 is 1.88 bits per heavy atom. The molecule has 0 radical (unpaired) electrons. The van der Waals surface area contributed by atoms with Gasteiger partial charge in [0, 0.05) is 49.6 Å². The zero-order valence-corrected chi connectivity index (χ0v) is 25.7. The van der Waals surface area contributed by atoms with E-state index in [-0.39, 0.29) is 0 Å². The second kappa shape index (κ2) is 10.5. The molecule has 5 aromatic heterocycles. The van der Waals surface area contributed by atoms with Crippen molar-refractivity contribution in [1.82, 2.24) is 24.9 Å². The average molecular weight is 612 g/mol. The molecular formula is C43H25N5. The summed E-state index contributed by atoms with van der Waals surface area (Å²) >= 11 is 0. The van der Waals surface area contributed by atoms with Crippen LogP contribution >= 0.6 is 0 Å². The van der Waals surface area contributed by atoms with Gasteiger partial charge in [0.05, 0.1) is 50.2 Å². The molecule has 5 aromatic carbocycles. The van der Waals surface area contributed by atoms with Crippen molar-refractivity contribution < 1.29 is 0 Å². The van der Waals surface area contributed by atoms with E-state index in [1.165, 1.54) is 5.56 Å². The minimum atomic E-state index is 0.813. The first kappa shape index (κ1) is 26.6. The molecule has 0 aliphatic heterocycles. The second-order valence-corrected chi connectivity index (χ2v) is 12.1. The van der Waals surface area contributed by atoms with Crippen molar-refractivity contribution in [1.29, 1.82) is 0 Å². The summed E-state index contributed by atoms with van der Waals surface area (Å²) in [6.07, 6.45) is 1.82. The molecule has 10 rings (SSSR count). The fraction of sp³-hybridized carbons (Fsp3) is 0. The van der Waals surface area contributed by atoms with Crippen LogP contribution < -0.4 is 0 Å². The van der Waals surface area contributed by atoms with E-state index in [9.17, 15) is 0 Å². The van der Waals surface area contributed by atoms with Crippen LogP contribution in [0.25, 0.3) is 99.2 Å². The molecule has 5 heteroatoms. The SMILES string of the molecule is c1ccc(-c2c3ccccc3nc3c2ccc2ccc(-c4ccc5cc(-c6ccc7ccc8cccnc8c7n6)ccc5n4)nc23)cc1. The van der Waals surface area contributed by atoms with Gasteiger partial charge in [0.2, 0.25) is 0 Å². The number of benzene rings is 5. The van der Waals surface area contributed by atoms with E-state index in [2.05, 4.69) is 132 Å². The van der Waals surface area contributed by atoms with Crippen molar-refractivity contribution in [3.05, 3.63) is 152 Å². The lowest BCUT2D eigenvalue weighted by molar-refractivity contribution is 1.32. The summed E-state index contributed by atoms with van der Waals surface area (Å²) in [5.74, 6) is 0. The smallest absolute Gasteiger partial charge is 0.0978 e. The second-order valence-electron chi connectivity index (χ2n) is 12.1. The van der Waals surface area contributed by atoms with Crippen molar-refractivity contribution in [2.24, 2.45) is 0 Å². The van der Waals surface area contributed by atoms with Gasteiger partial charge in [0.1, 0.15) is 0 Å². The maximum atomic E-state index is 5.20. The topological polar surface area (TPSA) is 64.5 Å². The van der Waals surface area contributed by atoms with Crippen molar-refractivity contribution in [3.8, 4) is 33.8 Å². The Balaban J connectivity index is 1.09. The third-order valence-corrected chi connectivity index (χ3v) is 9.25. The van der Waals surface area contributed by atoms with Gasteiger partial charge in [-0.15, -0.1) is 0 Å². The summed E-state index contributed by atoms with van der Waals surface area (Å²) in [5.41, 5.74) is 11.4. The highest BCUT2D eigenvalue weighted by molar-refractivity contribution is 6.16. The predicted octanol–water partition coefficient (Wildman–Crippen LogP) is 10.6. The Labute approximate surface area is 275 Å². The number of hydrogen-bond acceptors (Lipinski definition) is 5. The molecule has 10 aromatic rings. The van der Waals surface area contributed by atoms with Crippen molar-refractivity contribution in [3.63, 3.8) is 0 Å². The fourth-order valence-electron chi connectivity index (χ4n) is 6.91. The van der Waals surface area contributed by atoms with Gasteiger partial charge < -0.3 is 0 Å². The van der Waals surface area contributed by atoms with Crippen molar-refractivity contribution in [2.45, 2.75) is 0 Å². The number of para-hydroxylation sites is 1. The van der Waals surface area contributed by atoms with Crippen LogP contribution in [0.15, 0.2) is 152 Å². The Hall–Kier alpha value is -6.59. The quantitative estimate of drug-likeness (QED) is 0.147. The standard InChI is InChI=1S/C43H25N5/c1-2-7-26(8-3-1)39-32-10-4-5-11-36(32)47-43-33(39)19-14-29-16-22-38(48-42(29)43)37-23-18-30-25-31(17-21-34(30)45-37)35-20-15-28-13-12-27-9-6-24-44-40(27)41(28)46-35/h1-25H. The van der Waals surface area contributed by atoms with Gasteiger partial charge in [-0.05, 0) is 48.0 Å². The molecule has 0 saturated carbocycles. The molecule has 0 atom stereocenters. The van der Waals surface area contributed by atoms with Crippen LogP contribution in [0, 0.1) is 0 Å². The van der Waals surface area contributed by atoms with Gasteiger partial charge >= 0.3 is 0 Å². The van der Waals surface area contributed by atoms with Crippen LogP contribution in [0.4, 0.5) is 0 Å². The third kappa shape index (κ3) is 4.22. The normalized spacial score (nSPS) is 11.8. The van der Waals surface area contributed by atoms with Gasteiger partial charge in [-0.25, -0.2) is 19.9 Å². The predicted molar refractivity (Wildman–Crippen MR) is 197 cm³/mol. The van der Waals surface area contributed by atoms with Crippen molar-refractivity contribution >= 4 is 65.4 Å². The van der Waals surface area contributed by atoms with Crippen LogP contribution in [0.2, 0.25) is 0 Å². The molecule has 5 heterocycles. The zero-order valence-electron chi connectivity index (χ0n) is 25.7. The van der Waals surface area contributed by atoms with Gasteiger partial charge in [-0.3, -0.25) is 4.98 Å². The van der Waals surface area contributed by atoms with Crippen LogP contribution in [0.1, 0.15) is 0 Å². The summed E-state index contributed by atoms with van der Waals surface area (Å²) in [7, 11) is 0. The number of hydrogen-bond donors (Lipinski definition) is 0. The van der Waals surface area contributed by atoms with Gasteiger partial charge in [0.25, 0.3) is 0 Å². The molecule has 0 bridgehead atoms. The Morgan fingerprint density at radius 2 is 1.00 bits per heavy atom. The molecule has 0 aliphatic rings. The monoisotopic (exact) mass is 611 g/mol. The molecular weight excluding hydrogens is 587 g/mol. The lowest BCUT2D eigenvalue weighted by atomic mass is 9.95. The summed E-state index contributed by atoms with van der Waals surface area (Å²) < 4.78 is 0. The maximum absolute atomic E-state index is 5.20. The summed E-state index contributed by atoms with van der Waals surface area (Å²) in [5, 5.41) is 6.46. The molecule has 0 fully saturated rings. The average Bonchev–Trinajstić information content (AvgIpc) is 3.16. The van der Waals surface area contributed by atoms with E-state index in [0.717, 1.165) is 93.6 Å². The molecule has 0 N–H and O–H groups in total. The summed E-state index contributed by atoms with van der Waals surface area (Å²) in [6.45, 7) is 0. The first-order valence-corrected chi connectivity index (χ1v) is 16.0. The number of pyridine rings is 5. The zero-order chi connectivity index (χ0) is 31.6. The van der Waals surface area contributed by atoms with E-state index in [0.29, 0.717) is 0 Å².